The fourth-order valence-electron chi connectivity index (χ4n) is 2.38. The van der Waals surface area contributed by atoms with Gasteiger partial charge >= 0.3 is 0 Å². The van der Waals surface area contributed by atoms with Crippen molar-refractivity contribution >= 4 is 15.7 Å². The number of para-hydroxylation sites is 1. The van der Waals surface area contributed by atoms with Crippen molar-refractivity contribution in [1.29, 1.82) is 0 Å². The molecule has 0 heterocycles. The van der Waals surface area contributed by atoms with Gasteiger partial charge in [-0.25, -0.2) is 13.1 Å². The number of sulfonamides is 1. The first kappa shape index (κ1) is 19.7. The lowest BCUT2D eigenvalue weighted by molar-refractivity contribution is -0.387. The van der Waals surface area contributed by atoms with Crippen LogP contribution in [0, 0.1) is 10.1 Å². The summed E-state index contributed by atoms with van der Waals surface area (Å²) in [5, 5.41) is 11.0. The minimum absolute atomic E-state index is 0.0888. The van der Waals surface area contributed by atoms with Gasteiger partial charge in [-0.3, -0.25) is 10.1 Å². The van der Waals surface area contributed by atoms with Crippen LogP contribution in [-0.2, 0) is 16.4 Å². The van der Waals surface area contributed by atoms with Crippen LogP contribution in [0.25, 0.3) is 0 Å². The van der Waals surface area contributed by atoms with Gasteiger partial charge in [0.2, 0.25) is 10.0 Å². The molecule has 140 valence electrons. The second-order valence-corrected chi connectivity index (χ2v) is 7.03. The van der Waals surface area contributed by atoms with Crippen LogP contribution in [0.2, 0.25) is 0 Å². The van der Waals surface area contributed by atoms with E-state index in [2.05, 4.69) is 4.72 Å². The SMILES string of the molecule is CCOc1ccc(CCNS(=O)(=O)c2ccccc2[N+](=O)[O-])cc1OC. The normalized spacial score (nSPS) is 11.2. The van der Waals surface area contributed by atoms with E-state index in [9.17, 15) is 18.5 Å². The van der Waals surface area contributed by atoms with Gasteiger partial charge in [-0.15, -0.1) is 0 Å². The Balaban J connectivity index is 2.09. The zero-order valence-corrected chi connectivity index (χ0v) is 15.3. The molecule has 0 aliphatic heterocycles. The lowest BCUT2D eigenvalue weighted by Crippen LogP contribution is -2.26. The Hall–Kier alpha value is -2.65. The number of hydrogen-bond donors (Lipinski definition) is 1. The van der Waals surface area contributed by atoms with Crippen LogP contribution in [0.15, 0.2) is 47.4 Å². The van der Waals surface area contributed by atoms with Crippen molar-refractivity contribution < 1.29 is 22.8 Å². The molecular weight excluding hydrogens is 360 g/mol. The Morgan fingerprint density at radius 2 is 1.88 bits per heavy atom. The fourth-order valence-corrected chi connectivity index (χ4v) is 3.59. The zero-order chi connectivity index (χ0) is 19.2. The molecule has 0 aliphatic rings. The van der Waals surface area contributed by atoms with E-state index in [0.29, 0.717) is 24.5 Å². The molecule has 0 bridgehead atoms. The number of nitrogens with zero attached hydrogens (tertiary/aromatic N) is 1. The third-order valence-electron chi connectivity index (χ3n) is 3.59. The van der Waals surface area contributed by atoms with Crippen LogP contribution in [0.4, 0.5) is 5.69 Å². The maximum atomic E-state index is 12.3. The first-order valence-electron chi connectivity index (χ1n) is 7.92. The average Bonchev–Trinajstić information content (AvgIpc) is 2.63. The number of ether oxygens (including phenoxy) is 2. The van der Waals surface area contributed by atoms with Crippen molar-refractivity contribution in [2.75, 3.05) is 20.3 Å². The van der Waals surface area contributed by atoms with E-state index in [1.165, 1.54) is 25.3 Å². The quantitative estimate of drug-likeness (QED) is 0.529. The fraction of sp³-hybridized carbons (Fsp3) is 0.294. The Bertz CT molecular complexity index is 883. The van der Waals surface area contributed by atoms with Gasteiger partial charge in [0.25, 0.3) is 5.69 Å². The molecule has 0 aliphatic carbocycles. The number of nitro groups is 1. The first-order valence-corrected chi connectivity index (χ1v) is 9.40. The molecule has 0 fully saturated rings. The van der Waals surface area contributed by atoms with Gasteiger partial charge in [0.05, 0.1) is 18.6 Å². The van der Waals surface area contributed by atoms with Crippen LogP contribution in [0.3, 0.4) is 0 Å². The van der Waals surface area contributed by atoms with Gasteiger partial charge in [0.15, 0.2) is 16.4 Å². The van der Waals surface area contributed by atoms with E-state index in [-0.39, 0.29) is 11.4 Å². The molecule has 0 spiro atoms. The molecular formula is C17H20N2O6S. The van der Waals surface area contributed by atoms with Crippen molar-refractivity contribution in [3.05, 3.63) is 58.1 Å². The molecule has 0 radical (unpaired) electrons. The summed E-state index contributed by atoms with van der Waals surface area (Å²) in [6.07, 6.45) is 0.391. The summed E-state index contributed by atoms with van der Waals surface area (Å²) in [7, 11) is -2.46. The first-order chi connectivity index (χ1) is 12.4. The van der Waals surface area contributed by atoms with Crippen LogP contribution in [0.1, 0.15) is 12.5 Å². The van der Waals surface area contributed by atoms with Gasteiger partial charge in [0, 0.05) is 12.6 Å². The molecule has 0 amide bonds. The van der Waals surface area contributed by atoms with E-state index in [1.807, 2.05) is 13.0 Å². The number of nitrogens with one attached hydrogen (secondary N) is 1. The number of methoxy groups -OCH3 is 1. The molecule has 26 heavy (non-hydrogen) atoms. The zero-order valence-electron chi connectivity index (χ0n) is 14.5. The highest BCUT2D eigenvalue weighted by molar-refractivity contribution is 7.89. The number of benzene rings is 2. The van der Waals surface area contributed by atoms with E-state index in [4.69, 9.17) is 9.47 Å². The van der Waals surface area contributed by atoms with Crippen LogP contribution in [0.5, 0.6) is 11.5 Å². The molecule has 2 rings (SSSR count). The second-order valence-electron chi connectivity index (χ2n) is 5.29. The van der Waals surface area contributed by atoms with Crippen LogP contribution < -0.4 is 14.2 Å². The lowest BCUT2D eigenvalue weighted by Gasteiger charge is -2.11. The second kappa shape index (κ2) is 8.63. The summed E-state index contributed by atoms with van der Waals surface area (Å²) in [6, 6.07) is 10.6. The van der Waals surface area contributed by atoms with Crippen molar-refractivity contribution in [1.82, 2.24) is 4.72 Å². The van der Waals surface area contributed by atoms with Gasteiger partial charge in [-0.1, -0.05) is 18.2 Å². The summed E-state index contributed by atoms with van der Waals surface area (Å²) in [5.74, 6) is 1.17. The van der Waals surface area contributed by atoms with Gasteiger partial charge in [-0.2, -0.15) is 0 Å². The third-order valence-corrected chi connectivity index (χ3v) is 5.09. The summed E-state index contributed by atoms with van der Waals surface area (Å²) >= 11 is 0. The van der Waals surface area contributed by atoms with Crippen molar-refractivity contribution in [3.63, 3.8) is 0 Å². The Morgan fingerprint density at radius 1 is 1.15 bits per heavy atom. The van der Waals surface area contributed by atoms with Crippen LogP contribution in [-0.4, -0.2) is 33.6 Å². The van der Waals surface area contributed by atoms with Crippen LogP contribution >= 0.6 is 0 Å². The number of nitro benzene ring substituents is 1. The molecule has 1 N–H and O–H groups in total. The minimum Gasteiger partial charge on any atom is -0.493 e. The van der Waals surface area contributed by atoms with E-state index in [1.54, 1.807) is 12.1 Å². The van der Waals surface area contributed by atoms with Gasteiger partial charge in [0.1, 0.15) is 0 Å². The molecule has 0 unspecified atom stereocenters. The topological polar surface area (TPSA) is 108 Å². The minimum atomic E-state index is -3.99. The molecule has 0 atom stereocenters. The van der Waals surface area contributed by atoms with Crippen molar-refractivity contribution in [2.24, 2.45) is 0 Å². The maximum absolute atomic E-state index is 12.3. The predicted molar refractivity (Wildman–Crippen MR) is 96.2 cm³/mol. The highest BCUT2D eigenvalue weighted by atomic mass is 32.2. The average molecular weight is 380 g/mol. The van der Waals surface area contributed by atoms with Crippen molar-refractivity contribution in [2.45, 2.75) is 18.2 Å². The molecule has 2 aromatic carbocycles. The molecule has 9 heteroatoms. The lowest BCUT2D eigenvalue weighted by atomic mass is 10.1. The summed E-state index contributed by atoms with van der Waals surface area (Å²) in [6.45, 7) is 2.46. The smallest absolute Gasteiger partial charge is 0.289 e. The number of rotatable bonds is 9. The molecule has 2 aromatic rings. The number of hydrogen-bond acceptors (Lipinski definition) is 6. The Morgan fingerprint density at radius 3 is 2.54 bits per heavy atom. The van der Waals surface area contributed by atoms with Gasteiger partial charge in [-0.05, 0) is 37.1 Å². The van der Waals surface area contributed by atoms with E-state index >= 15 is 0 Å². The standard InChI is InChI=1S/C17H20N2O6S/c1-3-25-15-9-8-13(12-16(15)24-2)10-11-18-26(22,23)17-7-5-4-6-14(17)19(20)21/h4-9,12,18H,3,10-11H2,1-2H3. The monoisotopic (exact) mass is 380 g/mol. The Labute approximate surface area is 152 Å². The molecule has 0 aromatic heterocycles. The van der Waals surface area contributed by atoms with Crippen molar-refractivity contribution in [3.8, 4) is 11.5 Å². The maximum Gasteiger partial charge on any atom is 0.289 e. The molecule has 0 saturated carbocycles. The van der Waals surface area contributed by atoms with Gasteiger partial charge < -0.3 is 9.47 Å². The highest BCUT2D eigenvalue weighted by Crippen LogP contribution is 2.28. The summed E-state index contributed by atoms with van der Waals surface area (Å²) in [4.78, 5) is 9.94. The Kier molecular flexibility index (Phi) is 6.53. The summed E-state index contributed by atoms with van der Waals surface area (Å²) < 4.78 is 37.8. The highest BCUT2D eigenvalue weighted by Gasteiger charge is 2.24. The molecule has 8 nitrogen and oxygen atoms in total. The van der Waals surface area contributed by atoms with E-state index in [0.717, 1.165) is 11.6 Å². The van der Waals surface area contributed by atoms with E-state index < -0.39 is 20.6 Å². The predicted octanol–water partition coefficient (Wildman–Crippen LogP) is 2.52. The third kappa shape index (κ3) is 4.70. The summed E-state index contributed by atoms with van der Waals surface area (Å²) in [5.41, 5.74) is 0.387. The molecule has 0 saturated heterocycles. The largest absolute Gasteiger partial charge is 0.493 e.